The summed E-state index contributed by atoms with van der Waals surface area (Å²) >= 11 is 0. The lowest BCUT2D eigenvalue weighted by Crippen LogP contribution is -2.24. The zero-order chi connectivity index (χ0) is 22.4. The number of esters is 1. The van der Waals surface area contributed by atoms with Gasteiger partial charge in [-0.15, -0.1) is 0 Å². The summed E-state index contributed by atoms with van der Waals surface area (Å²) in [6.45, 7) is 5.64. The minimum absolute atomic E-state index is 0.325. The molecule has 0 aromatic heterocycles. The lowest BCUT2D eigenvalue weighted by Gasteiger charge is -2.21. The van der Waals surface area contributed by atoms with E-state index in [1.165, 1.54) is 11.1 Å². The first-order valence-corrected chi connectivity index (χ1v) is 10.7. The maximum atomic E-state index is 12.8. The maximum absolute atomic E-state index is 12.8. The van der Waals surface area contributed by atoms with E-state index in [1.807, 2.05) is 65.2 Å². The number of benzene rings is 3. The van der Waals surface area contributed by atoms with E-state index in [0.717, 1.165) is 29.9 Å². The van der Waals surface area contributed by atoms with Crippen molar-refractivity contribution in [3.05, 3.63) is 89.5 Å². The minimum Gasteiger partial charge on any atom is -0.456 e. The molecule has 4 nitrogen and oxygen atoms in total. The van der Waals surface area contributed by atoms with Crippen LogP contribution < -0.4 is 10.2 Å². The highest BCUT2D eigenvalue weighted by atomic mass is 16.6. The van der Waals surface area contributed by atoms with Crippen molar-refractivity contribution in [2.24, 2.45) is 0 Å². The van der Waals surface area contributed by atoms with Gasteiger partial charge in [0.05, 0.1) is 11.3 Å². The van der Waals surface area contributed by atoms with Crippen molar-refractivity contribution in [2.45, 2.75) is 39.2 Å². The second kappa shape index (κ2) is 9.69. The standard InChI is InChI=1S/C27H32N2O2/c1-27(2,3)31-26(30)24-18-13-21(12-11-20-9-7-6-8-10-20)19-25(24)28-22-14-16-23(17-15-22)29(4)5/h6-10,13-19,28H,11-12H2,1-5H3. The predicted molar refractivity (Wildman–Crippen MR) is 130 cm³/mol. The van der Waals surface area contributed by atoms with Crippen LogP contribution in [0.5, 0.6) is 0 Å². The molecule has 3 aromatic rings. The summed E-state index contributed by atoms with van der Waals surface area (Å²) in [7, 11) is 4.03. The zero-order valence-corrected chi connectivity index (χ0v) is 19.1. The summed E-state index contributed by atoms with van der Waals surface area (Å²) in [6.07, 6.45) is 1.84. The highest BCUT2D eigenvalue weighted by molar-refractivity contribution is 5.97. The summed E-state index contributed by atoms with van der Waals surface area (Å²) in [5.41, 5.74) is 5.27. The fourth-order valence-electron chi connectivity index (χ4n) is 3.29. The molecule has 0 aliphatic carbocycles. The van der Waals surface area contributed by atoms with Crippen molar-refractivity contribution in [2.75, 3.05) is 24.3 Å². The Balaban J connectivity index is 1.86. The van der Waals surface area contributed by atoms with Gasteiger partial charge in [0.15, 0.2) is 0 Å². The van der Waals surface area contributed by atoms with Gasteiger partial charge in [-0.05, 0) is 81.1 Å². The van der Waals surface area contributed by atoms with Gasteiger partial charge >= 0.3 is 5.97 Å². The highest BCUT2D eigenvalue weighted by Crippen LogP contribution is 2.27. The molecule has 0 atom stereocenters. The molecular formula is C27H32N2O2. The molecule has 0 aliphatic heterocycles. The van der Waals surface area contributed by atoms with E-state index >= 15 is 0 Å². The number of carbonyl (C=O) groups excluding carboxylic acids is 1. The van der Waals surface area contributed by atoms with Gasteiger partial charge in [0, 0.05) is 25.5 Å². The molecule has 1 N–H and O–H groups in total. The summed E-state index contributed by atoms with van der Waals surface area (Å²) < 4.78 is 5.64. The zero-order valence-electron chi connectivity index (χ0n) is 19.1. The summed E-state index contributed by atoms with van der Waals surface area (Å²) in [5, 5.41) is 3.42. The third-order valence-corrected chi connectivity index (χ3v) is 4.91. The Hall–Kier alpha value is -3.27. The fourth-order valence-corrected chi connectivity index (χ4v) is 3.29. The predicted octanol–water partition coefficient (Wildman–Crippen LogP) is 6.24. The van der Waals surface area contributed by atoms with Crippen molar-refractivity contribution in [3.8, 4) is 0 Å². The van der Waals surface area contributed by atoms with Gasteiger partial charge in [0.1, 0.15) is 5.60 Å². The normalized spacial score (nSPS) is 11.1. The van der Waals surface area contributed by atoms with Crippen LogP contribution in [0.4, 0.5) is 17.1 Å². The van der Waals surface area contributed by atoms with Gasteiger partial charge in [-0.2, -0.15) is 0 Å². The molecule has 4 heteroatoms. The Morgan fingerprint density at radius 2 is 1.52 bits per heavy atom. The van der Waals surface area contributed by atoms with Crippen LogP contribution in [0.25, 0.3) is 0 Å². The minimum atomic E-state index is -0.548. The third-order valence-electron chi connectivity index (χ3n) is 4.91. The summed E-state index contributed by atoms with van der Waals surface area (Å²) in [4.78, 5) is 14.9. The van der Waals surface area contributed by atoms with Crippen molar-refractivity contribution >= 4 is 23.0 Å². The number of rotatable bonds is 7. The Morgan fingerprint density at radius 1 is 0.871 bits per heavy atom. The van der Waals surface area contributed by atoms with E-state index in [-0.39, 0.29) is 5.97 Å². The van der Waals surface area contributed by atoms with E-state index in [4.69, 9.17) is 4.74 Å². The molecule has 0 spiro atoms. The van der Waals surface area contributed by atoms with Crippen LogP contribution >= 0.6 is 0 Å². The third kappa shape index (κ3) is 6.61. The first-order valence-electron chi connectivity index (χ1n) is 10.7. The number of hydrogen-bond donors (Lipinski definition) is 1. The van der Waals surface area contributed by atoms with E-state index in [1.54, 1.807) is 0 Å². The molecule has 0 heterocycles. The molecular weight excluding hydrogens is 384 g/mol. The second-order valence-electron chi connectivity index (χ2n) is 8.93. The van der Waals surface area contributed by atoms with Gasteiger partial charge < -0.3 is 15.0 Å². The molecule has 0 fully saturated rings. The molecule has 0 radical (unpaired) electrons. The van der Waals surface area contributed by atoms with Crippen LogP contribution in [0, 0.1) is 0 Å². The molecule has 0 aliphatic rings. The van der Waals surface area contributed by atoms with Crippen molar-refractivity contribution in [1.29, 1.82) is 0 Å². The molecule has 0 saturated carbocycles. The van der Waals surface area contributed by atoms with Crippen LogP contribution in [0.2, 0.25) is 0 Å². The van der Waals surface area contributed by atoms with E-state index in [9.17, 15) is 4.79 Å². The van der Waals surface area contributed by atoms with Crippen LogP contribution in [-0.2, 0) is 17.6 Å². The fraction of sp³-hybridized carbons (Fsp3) is 0.296. The SMILES string of the molecule is CN(C)c1ccc(Nc2cc(CCc3ccccc3)ccc2C(=O)OC(C)(C)C)cc1. The molecule has 0 bridgehead atoms. The van der Waals surface area contributed by atoms with Crippen molar-refractivity contribution < 1.29 is 9.53 Å². The molecule has 31 heavy (non-hydrogen) atoms. The lowest BCUT2D eigenvalue weighted by atomic mass is 10.0. The highest BCUT2D eigenvalue weighted by Gasteiger charge is 2.21. The average Bonchev–Trinajstić information content (AvgIpc) is 2.72. The Morgan fingerprint density at radius 3 is 2.13 bits per heavy atom. The van der Waals surface area contributed by atoms with Gasteiger partial charge in [0.2, 0.25) is 0 Å². The molecule has 3 aromatic carbocycles. The number of nitrogens with one attached hydrogen (secondary N) is 1. The van der Waals surface area contributed by atoms with Crippen LogP contribution in [0.15, 0.2) is 72.8 Å². The molecule has 0 saturated heterocycles. The molecule has 3 rings (SSSR count). The summed E-state index contributed by atoms with van der Waals surface area (Å²) in [6, 6.07) is 24.5. The topological polar surface area (TPSA) is 41.6 Å². The van der Waals surface area contributed by atoms with Crippen molar-refractivity contribution in [1.82, 2.24) is 0 Å². The van der Waals surface area contributed by atoms with Crippen LogP contribution in [0.3, 0.4) is 0 Å². The van der Waals surface area contributed by atoms with E-state index in [2.05, 4.69) is 52.7 Å². The van der Waals surface area contributed by atoms with Gasteiger partial charge in [-0.25, -0.2) is 4.79 Å². The number of ether oxygens (including phenoxy) is 1. The quantitative estimate of drug-likeness (QED) is 0.463. The second-order valence-corrected chi connectivity index (χ2v) is 8.93. The van der Waals surface area contributed by atoms with Crippen LogP contribution in [0.1, 0.15) is 42.3 Å². The van der Waals surface area contributed by atoms with E-state index < -0.39 is 5.60 Å². The van der Waals surface area contributed by atoms with Gasteiger partial charge in [0.25, 0.3) is 0 Å². The van der Waals surface area contributed by atoms with Crippen molar-refractivity contribution in [3.63, 3.8) is 0 Å². The lowest BCUT2D eigenvalue weighted by molar-refractivity contribution is 0.00707. The summed E-state index contributed by atoms with van der Waals surface area (Å²) in [5.74, 6) is -0.325. The Labute approximate surface area is 185 Å². The molecule has 162 valence electrons. The molecule has 0 unspecified atom stereocenters. The number of nitrogens with zero attached hydrogens (tertiary/aromatic N) is 1. The largest absolute Gasteiger partial charge is 0.456 e. The number of anilines is 3. The first kappa shape index (κ1) is 22.4. The smallest absolute Gasteiger partial charge is 0.340 e. The van der Waals surface area contributed by atoms with Gasteiger partial charge in [-0.3, -0.25) is 0 Å². The number of hydrogen-bond acceptors (Lipinski definition) is 4. The maximum Gasteiger partial charge on any atom is 0.340 e. The Kier molecular flexibility index (Phi) is 7.01. The first-order chi connectivity index (χ1) is 14.7. The monoisotopic (exact) mass is 416 g/mol. The van der Waals surface area contributed by atoms with E-state index in [0.29, 0.717) is 5.56 Å². The van der Waals surface area contributed by atoms with Crippen LogP contribution in [-0.4, -0.2) is 25.7 Å². The number of aryl methyl sites for hydroxylation is 2. The number of carbonyl (C=O) groups is 1. The Bertz CT molecular complexity index is 1000. The molecule has 0 amide bonds. The average molecular weight is 417 g/mol. The van der Waals surface area contributed by atoms with Gasteiger partial charge in [-0.1, -0.05) is 36.4 Å².